The molecule has 3 N–H and O–H groups in total. The molecule has 3 atom stereocenters. The number of amides is 2. The highest BCUT2D eigenvalue weighted by atomic mass is 35.5. The van der Waals surface area contributed by atoms with Crippen LogP contribution in [0, 0.1) is 0 Å². The quantitative estimate of drug-likeness (QED) is 0.516. The van der Waals surface area contributed by atoms with Crippen LogP contribution in [0.3, 0.4) is 0 Å². The van der Waals surface area contributed by atoms with Crippen LogP contribution < -0.4 is 10.6 Å². The SMILES string of the molecule is CN[C@@H](Cc1ccccc1)C(=O)N(C)[C@@H](C)C(=O)N[C@@H](Cc1ccccc1)C(=O)O.Cl. The molecule has 0 spiro atoms. The number of carbonyl (C=O) groups is 3. The van der Waals surface area contributed by atoms with Gasteiger partial charge >= 0.3 is 5.97 Å². The summed E-state index contributed by atoms with van der Waals surface area (Å²) < 4.78 is 0. The third kappa shape index (κ3) is 7.70. The van der Waals surface area contributed by atoms with E-state index in [-0.39, 0.29) is 24.7 Å². The van der Waals surface area contributed by atoms with Crippen molar-refractivity contribution in [3.05, 3.63) is 71.8 Å². The summed E-state index contributed by atoms with van der Waals surface area (Å²) in [5, 5.41) is 15.1. The average molecular weight is 448 g/mol. The number of carboxylic acids is 1. The first-order valence-electron chi connectivity index (χ1n) is 9.88. The molecule has 2 aromatic rings. The van der Waals surface area contributed by atoms with E-state index >= 15 is 0 Å². The third-order valence-electron chi connectivity index (χ3n) is 5.13. The Balaban J connectivity index is 0.00000480. The minimum absolute atomic E-state index is 0. The van der Waals surface area contributed by atoms with E-state index in [1.807, 2.05) is 60.7 Å². The Labute approximate surface area is 189 Å². The average Bonchev–Trinajstić information content (AvgIpc) is 2.76. The molecule has 2 rings (SSSR count). The van der Waals surface area contributed by atoms with Gasteiger partial charge in [0.05, 0.1) is 6.04 Å². The number of carbonyl (C=O) groups excluding carboxylic acids is 2. The maximum absolute atomic E-state index is 12.9. The van der Waals surface area contributed by atoms with Crippen LogP contribution in [0.1, 0.15) is 18.1 Å². The van der Waals surface area contributed by atoms with Crippen molar-refractivity contribution in [2.75, 3.05) is 14.1 Å². The second kappa shape index (κ2) is 12.7. The number of likely N-dealkylation sites (N-methyl/N-ethyl adjacent to an activating group) is 2. The minimum Gasteiger partial charge on any atom is -0.480 e. The van der Waals surface area contributed by atoms with E-state index in [1.165, 1.54) is 4.90 Å². The standard InChI is InChI=1S/C23H29N3O4.ClH/c1-16(21(27)25-20(23(29)30)15-18-12-8-5-9-13-18)26(3)22(28)19(24-2)14-17-10-6-4-7-11-17;/h4-13,16,19-20,24H,14-15H2,1-3H3,(H,25,27)(H,29,30);1H/t16-,19-,20-;/m0./s1. The van der Waals surface area contributed by atoms with Gasteiger partial charge in [0.2, 0.25) is 11.8 Å². The summed E-state index contributed by atoms with van der Waals surface area (Å²) in [6.45, 7) is 1.59. The summed E-state index contributed by atoms with van der Waals surface area (Å²) in [6.07, 6.45) is 0.653. The Hall–Kier alpha value is -2.90. The molecule has 0 aliphatic rings. The molecular formula is C23H30ClN3O4. The van der Waals surface area contributed by atoms with Crippen LogP contribution in [0.4, 0.5) is 0 Å². The van der Waals surface area contributed by atoms with Crippen LogP contribution in [-0.4, -0.2) is 60.0 Å². The fraction of sp³-hybridized carbons (Fsp3) is 0.348. The van der Waals surface area contributed by atoms with Crippen molar-refractivity contribution in [1.82, 2.24) is 15.5 Å². The molecule has 7 nitrogen and oxygen atoms in total. The summed E-state index contributed by atoms with van der Waals surface area (Å²) >= 11 is 0. The lowest BCUT2D eigenvalue weighted by atomic mass is 10.0. The summed E-state index contributed by atoms with van der Waals surface area (Å²) in [4.78, 5) is 38.5. The van der Waals surface area contributed by atoms with Gasteiger partial charge in [0.15, 0.2) is 0 Å². The molecule has 0 radical (unpaired) electrons. The van der Waals surface area contributed by atoms with Crippen LogP contribution in [0.25, 0.3) is 0 Å². The van der Waals surface area contributed by atoms with Crippen molar-refractivity contribution in [2.24, 2.45) is 0 Å². The molecule has 2 amide bonds. The van der Waals surface area contributed by atoms with E-state index in [0.29, 0.717) is 6.42 Å². The highest BCUT2D eigenvalue weighted by Crippen LogP contribution is 2.09. The molecule has 0 heterocycles. The first-order chi connectivity index (χ1) is 14.3. The smallest absolute Gasteiger partial charge is 0.326 e. The van der Waals surface area contributed by atoms with Crippen LogP contribution in [0.5, 0.6) is 0 Å². The van der Waals surface area contributed by atoms with Gasteiger partial charge in [0.1, 0.15) is 12.1 Å². The van der Waals surface area contributed by atoms with Crippen molar-refractivity contribution >= 4 is 30.2 Å². The van der Waals surface area contributed by atoms with Crippen molar-refractivity contribution in [3.63, 3.8) is 0 Å². The number of hydrogen-bond acceptors (Lipinski definition) is 4. The van der Waals surface area contributed by atoms with Crippen molar-refractivity contribution < 1.29 is 19.5 Å². The van der Waals surface area contributed by atoms with E-state index in [1.54, 1.807) is 21.0 Å². The lowest BCUT2D eigenvalue weighted by Gasteiger charge is -2.29. The summed E-state index contributed by atoms with van der Waals surface area (Å²) in [5.41, 5.74) is 1.81. The first-order valence-corrected chi connectivity index (χ1v) is 9.88. The predicted molar refractivity (Wildman–Crippen MR) is 122 cm³/mol. The topological polar surface area (TPSA) is 98.7 Å². The third-order valence-corrected chi connectivity index (χ3v) is 5.13. The zero-order chi connectivity index (χ0) is 22.1. The molecule has 0 aliphatic carbocycles. The fourth-order valence-corrected chi connectivity index (χ4v) is 3.12. The van der Waals surface area contributed by atoms with Gasteiger partial charge in [0, 0.05) is 13.5 Å². The second-order valence-electron chi connectivity index (χ2n) is 7.25. The molecule has 31 heavy (non-hydrogen) atoms. The number of nitrogens with one attached hydrogen (secondary N) is 2. The first kappa shape index (κ1) is 26.1. The molecule has 168 valence electrons. The molecule has 0 fully saturated rings. The largest absolute Gasteiger partial charge is 0.480 e. The number of benzene rings is 2. The second-order valence-corrected chi connectivity index (χ2v) is 7.25. The van der Waals surface area contributed by atoms with E-state index in [9.17, 15) is 19.5 Å². The lowest BCUT2D eigenvalue weighted by molar-refractivity contribution is -0.144. The summed E-state index contributed by atoms with van der Waals surface area (Å²) in [5.74, 6) is -1.87. The van der Waals surface area contributed by atoms with Gasteiger partial charge in [0.25, 0.3) is 0 Å². The maximum atomic E-state index is 12.9. The Kier molecular flexibility index (Phi) is 10.7. The molecule has 8 heteroatoms. The Morgan fingerprint density at radius 3 is 1.77 bits per heavy atom. The van der Waals surface area contributed by atoms with Gasteiger partial charge in [-0.05, 0) is 31.5 Å². The van der Waals surface area contributed by atoms with Gasteiger partial charge in [-0.25, -0.2) is 4.79 Å². The normalized spacial score (nSPS) is 13.3. The lowest BCUT2D eigenvalue weighted by Crippen LogP contribution is -2.55. The molecule has 0 aliphatic heterocycles. The number of carboxylic acid groups (broad SMARTS) is 1. The number of aliphatic carboxylic acids is 1. The molecule has 0 aromatic heterocycles. The molecule has 2 aromatic carbocycles. The van der Waals surface area contributed by atoms with Gasteiger partial charge in [-0.2, -0.15) is 0 Å². The van der Waals surface area contributed by atoms with Crippen LogP contribution in [0.15, 0.2) is 60.7 Å². The number of rotatable bonds is 10. The number of nitrogens with zero attached hydrogens (tertiary/aromatic N) is 1. The Morgan fingerprint density at radius 1 is 0.903 bits per heavy atom. The molecule has 0 saturated heterocycles. The van der Waals surface area contributed by atoms with Gasteiger partial charge in [-0.1, -0.05) is 60.7 Å². The van der Waals surface area contributed by atoms with Crippen molar-refractivity contribution in [2.45, 2.75) is 37.9 Å². The van der Waals surface area contributed by atoms with Crippen LogP contribution in [-0.2, 0) is 27.2 Å². The molecule has 0 bridgehead atoms. The Bertz CT molecular complexity index is 848. The molecule has 0 unspecified atom stereocenters. The zero-order valence-corrected chi connectivity index (χ0v) is 18.8. The summed E-state index contributed by atoms with van der Waals surface area (Å²) in [7, 11) is 3.25. The number of hydrogen-bond donors (Lipinski definition) is 3. The van der Waals surface area contributed by atoms with Crippen molar-refractivity contribution in [1.29, 1.82) is 0 Å². The van der Waals surface area contributed by atoms with Gasteiger partial charge in [-0.3, -0.25) is 9.59 Å². The van der Waals surface area contributed by atoms with Gasteiger partial charge in [-0.15, -0.1) is 12.4 Å². The molecule has 0 saturated carbocycles. The highest BCUT2D eigenvalue weighted by Gasteiger charge is 2.30. The van der Waals surface area contributed by atoms with Crippen LogP contribution in [0.2, 0.25) is 0 Å². The van der Waals surface area contributed by atoms with Gasteiger partial charge < -0.3 is 20.6 Å². The van der Waals surface area contributed by atoms with E-state index in [0.717, 1.165) is 11.1 Å². The highest BCUT2D eigenvalue weighted by molar-refractivity contribution is 5.91. The monoisotopic (exact) mass is 447 g/mol. The van der Waals surface area contributed by atoms with E-state index < -0.39 is 30.0 Å². The maximum Gasteiger partial charge on any atom is 0.326 e. The Morgan fingerprint density at radius 2 is 1.35 bits per heavy atom. The zero-order valence-electron chi connectivity index (χ0n) is 17.9. The van der Waals surface area contributed by atoms with Crippen molar-refractivity contribution in [3.8, 4) is 0 Å². The van der Waals surface area contributed by atoms with E-state index in [4.69, 9.17) is 0 Å². The molecular weight excluding hydrogens is 418 g/mol. The predicted octanol–water partition coefficient (Wildman–Crippen LogP) is 1.90. The number of halogens is 1. The van der Waals surface area contributed by atoms with Crippen LogP contribution >= 0.6 is 12.4 Å². The fourth-order valence-electron chi connectivity index (χ4n) is 3.12. The summed E-state index contributed by atoms with van der Waals surface area (Å²) in [6, 6.07) is 16.3. The minimum atomic E-state index is -1.12. The van der Waals surface area contributed by atoms with E-state index in [2.05, 4.69) is 10.6 Å².